The highest BCUT2D eigenvalue weighted by molar-refractivity contribution is 5.81. The Balaban J connectivity index is 2.50. The molecule has 0 saturated carbocycles. The van der Waals surface area contributed by atoms with E-state index in [9.17, 15) is 4.79 Å². The number of nitriles is 1. The fraction of sp³-hybridized carbons (Fsp3) is 0.385. The first-order valence-corrected chi connectivity index (χ1v) is 5.57. The van der Waals surface area contributed by atoms with E-state index in [2.05, 4.69) is 5.32 Å². The number of rotatable bonds is 4. The Kier molecular flexibility index (Phi) is 4.68. The van der Waals surface area contributed by atoms with Crippen molar-refractivity contribution in [2.75, 3.05) is 0 Å². The first kappa shape index (κ1) is 13.2. The lowest BCUT2D eigenvalue weighted by molar-refractivity contribution is -0.123. The molecule has 1 aromatic rings. The Morgan fingerprint density at radius 3 is 2.47 bits per heavy atom. The SMILES string of the molecule is CC(C)[C@@H](N)C(=O)NCc1ccc(C#N)cc1. The molecule has 0 fully saturated rings. The zero-order chi connectivity index (χ0) is 12.8. The lowest BCUT2D eigenvalue weighted by Gasteiger charge is -2.15. The van der Waals surface area contributed by atoms with Gasteiger partial charge in [-0.3, -0.25) is 4.79 Å². The number of nitrogens with two attached hydrogens (primary N) is 1. The monoisotopic (exact) mass is 231 g/mol. The molecule has 1 rings (SSSR count). The standard InChI is InChI=1S/C13H17N3O/c1-9(2)12(15)13(17)16-8-11-5-3-10(7-14)4-6-11/h3-6,9,12H,8,15H2,1-2H3,(H,16,17)/t12-/m1/s1. The molecular weight excluding hydrogens is 214 g/mol. The normalized spacial score (nSPS) is 11.9. The molecular formula is C13H17N3O. The number of benzene rings is 1. The van der Waals surface area contributed by atoms with E-state index in [1.807, 2.05) is 32.0 Å². The molecule has 0 spiro atoms. The van der Waals surface area contributed by atoms with Crippen molar-refractivity contribution in [3.05, 3.63) is 35.4 Å². The van der Waals surface area contributed by atoms with Gasteiger partial charge in [0, 0.05) is 6.54 Å². The third kappa shape index (κ3) is 3.89. The smallest absolute Gasteiger partial charge is 0.237 e. The molecule has 0 bridgehead atoms. The molecule has 1 aromatic carbocycles. The van der Waals surface area contributed by atoms with Gasteiger partial charge in [-0.25, -0.2) is 0 Å². The Morgan fingerprint density at radius 1 is 1.41 bits per heavy atom. The van der Waals surface area contributed by atoms with Crippen LogP contribution in [-0.4, -0.2) is 11.9 Å². The van der Waals surface area contributed by atoms with E-state index < -0.39 is 6.04 Å². The van der Waals surface area contributed by atoms with Crippen LogP contribution in [0.4, 0.5) is 0 Å². The molecule has 1 atom stereocenters. The molecule has 0 unspecified atom stereocenters. The van der Waals surface area contributed by atoms with Gasteiger partial charge in [-0.2, -0.15) is 5.26 Å². The van der Waals surface area contributed by atoms with Gasteiger partial charge in [0.05, 0.1) is 17.7 Å². The summed E-state index contributed by atoms with van der Waals surface area (Å²) in [7, 11) is 0. The average molecular weight is 231 g/mol. The fourth-order valence-corrected chi connectivity index (χ4v) is 1.31. The van der Waals surface area contributed by atoms with Crippen LogP contribution in [-0.2, 0) is 11.3 Å². The van der Waals surface area contributed by atoms with E-state index in [0.29, 0.717) is 12.1 Å². The highest BCUT2D eigenvalue weighted by Gasteiger charge is 2.16. The lowest BCUT2D eigenvalue weighted by Crippen LogP contribution is -2.43. The van der Waals surface area contributed by atoms with E-state index in [-0.39, 0.29) is 11.8 Å². The summed E-state index contributed by atoms with van der Waals surface area (Å²) in [5.74, 6) is -0.0275. The van der Waals surface area contributed by atoms with E-state index >= 15 is 0 Å². The molecule has 0 saturated heterocycles. The number of carbonyl (C=O) groups is 1. The minimum atomic E-state index is -0.478. The van der Waals surface area contributed by atoms with E-state index in [1.54, 1.807) is 12.1 Å². The van der Waals surface area contributed by atoms with Gasteiger partial charge in [-0.05, 0) is 23.6 Å². The summed E-state index contributed by atoms with van der Waals surface area (Å²) in [5.41, 5.74) is 7.28. The first-order chi connectivity index (χ1) is 8.04. The van der Waals surface area contributed by atoms with Crippen LogP contribution < -0.4 is 11.1 Å². The maximum Gasteiger partial charge on any atom is 0.237 e. The van der Waals surface area contributed by atoms with Gasteiger partial charge in [0.15, 0.2) is 0 Å². The van der Waals surface area contributed by atoms with Crippen molar-refractivity contribution in [2.45, 2.75) is 26.4 Å². The van der Waals surface area contributed by atoms with Crippen LogP contribution in [0.25, 0.3) is 0 Å². The molecule has 0 heterocycles. The second kappa shape index (κ2) is 6.02. The van der Waals surface area contributed by atoms with E-state index in [4.69, 9.17) is 11.0 Å². The lowest BCUT2D eigenvalue weighted by atomic mass is 10.0. The maximum absolute atomic E-state index is 11.6. The fourth-order valence-electron chi connectivity index (χ4n) is 1.31. The summed E-state index contributed by atoms with van der Waals surface area (Å²) >= 11 is 0. The van der Waals surface area contributed by atoms with Crippen molar-refractivity contribution in [3.63, 3.8) is 0 Å². The molecule has 0 aliphatic rings. The van der Waals surface area contributed by atoms with Crippen molar-refractivity contribution < 1.29 is 4.79 Å². The topological polar surface area (TPSA) is 78.9 Å². The second-order valence-corrected chi connectivity index (χ2v) is 4.30. The minimum Gasteiger partial charge on any atom is -0.351 e. The second-order valence-electron chi connectivity index (χ2n) is 4.30. The Morgan fingerprint density at radius 2 is 2.00 bits per heavy atom. The molecule has 17 heavy (non-hydrogen) atoms. The summed E-state index contributed by atoms with van der Waals surface area (Å²) in [6.07, 6.45) is 0. The molecule has 0 aliphatic heterocycles. The number of nitrogens with zero attached hydrogens (tertiary/aromatic N) is 1. The van der Waals surface area contributed by atoms with Crippen molar-refractivity contribution in [3.8, 4) is 6.07 Å². The largest absolute Gasteiger partial charge is 0.351 e. The summed E-state index contributed by atoms with van der Waals surface area (Å²) in [5, 5.41) is 11.4. The molecule has 0 radical (unpaired) electrons. The van der Waals surface area contributed by atoms with Gasteiger partial charge >= 0.3 is 0 Å². The summed E-state index contributed by atoms with van der Waals surface area (Å²) < 4.78 is 0. The van der Waals surface area contributed by atoms with Gasteiger partial charge < -0.3 is 11.1 Å². The van der Waals surface area contributed by atoms with Gasteiger partial charge in [-0.1, -0.05) is 26.0 Å². The van der Waals surface area contributed by atoms with E-state index in [1.165, 1.54) is 0 Å². The molecule has 1 amide bonds. The number of amides is 1. The van der Waals surface area contributed by atoms with E-state index in [0.717, 1.165) is 5.56 Å². The Hall–Kier alpha value is -1.86. The highest BCUT2D eigenvalue weighted by Crippen LogP contribution is 2.03. The minimum absolute atomic E-state index is 0.121. The molecule has 90 valence electrons. The maximum atomic E-state index is 11.6. The molecule has 0 aliphatic carbocycles. The quantitative estimate of drug-likeness (QED) is 0.816. The highest BCUT2D eigenvalue weighted by atomic mass is 16.2. The number of hydrogen-bond donors (Lipinski definition) is 2. The average Bonchev–Trinajstić information content (AvgIpc) is 2.35. The van der Waals surface area contributed by atoms with Gasteiger partial charge in [0.25, 0.3) is 0 Å². The van der Waals surface area contributed by atoms with Crippen LogP contribution in [0.2, 0.25) is 0 Å². The third-order valence-electron chi connectivity index (χ3n) is 2.57. The van der Waals surface area contributed by atoms with Gasteiger partial charge in [0.1, 0.15) is 0 Å². The predicted octanol–water partition coefficient (Wildman–Crippen LogP) is 1.16. The molecule has 0 aromatic heterocycles. The van der Waals surface area contributed by atoms with Crippen LogP contribution in [0.5, 0.6) is 0 Å². The van der Waals surface area contributed by atoms with Crippen molar-refractivity contribution >= 4 is 5.91 Å². The molecule has 3 N–H and O–H groups in total. The molecule has 4 heteroatoms. The zero-order valence-electron chi connectivity index (χ0n) is 10.1. The number of carbonyl (C=O) groups excluding carboxylic acids is 1. The number of nitrogens with one attached hydrogen (secondary N) is 1. The first-order valence-electron chi connectivity index (χ1n) is 5.57. The predicted molar refractivity (Wildman–Crippen MR) is 65.8 cm³/mol. The molecule has 4 nitrogen and oxygen atoms in total. The van der Waals surface area contributed by atoms with Crippen LogP contribution >= 0.6 is 0 Å². The van der Waals surface area contributed by atoms with Crippen LogP contribution in [0.15, 0.2) is 24.3 Å². The van der Waals surface area contributed by atoms with Gasteiger partial charge in [0.2, 0.25) is 5.91 Å². The third-order valence-corrected chi connectivity index (χ3v) is 2.57. The van der Waals surface area contributed by atoms with Crippen LogP contribution in [0.3, 0.4) is 0 Å². The van der Waals surface area contributed by atoms with Gasteiger partial charge in [-0.15, -0.1) is 0 Å². The summed E-state index contributed by atoms with van der Waals surface area (Å²) in [6.45, 7) is 4.25. The van der Waals surface area contributed by atoms with Crippen molar-refractivity contribution in [2.24, 2.45) is 11.7 Å². The van der Waals surface area contributed by atoms with Crippen LogP contribution in [0, 0.1) is 17.2 Å². The van der Waals surface area contributed by atoms with Crippen LogP contribution in [0.1, 0.15) is 25.0 Å². The number of hydrogen-bond acceptors (Lipinski definition) is 3. The van der Waals surface area contributed by atoms with Crippen molar-refractivity contribution in [1.82, 2.24) is 5.32 Å². The summed E-state index contributed by atoms with van der Waals surface area (Å²) in [4.78, 5) is 11.6. The summed E-state index contributed by atoms with van der Waals surface area (Å²) in [6, 6.07) is 8.66. The van der Waals surface area contributed by atoms with Crippen molar-refractivity contribution in [1.29, 1.82) is 5.26 Å². The Labute approximate surface area is 101 Å². The zero-order valence-corrected chi connectivity index (χ0v) is 10.1. The Bertz CT molecular complexity index is 417.